The van der Waals surface area contributed by atoms with Crippen LogP contribution in [0.1, 0.15) is 53.8 Å². The number of aromatic nitrogens is 1. The molecule has 1 atom stereocenters. The second kappa shape index (κ2) is 10.1. The molecule has 2 aromatic carbocycles. The fourth-order valence-electron chi connectivity index (χ4n) is 3.84. The van der Waals surface area contributed by atoms with Crippen molar-refractivity contribution in [2.45, 2.75) is 53.0 Å². The summed E-state index contributed by atoms with van der Waals surface area (Å²) in [7, 11) is 0. The number of hydrogen-bond donors (Lipinski definition) is 4. The molecular formula is C25H30N4O3. The molecule has 0 saturated carbocycles. The zero-order valence-electron chi connectivity index (χ0n) is 19.0. The van der Waals surface area contributed by atoms with Crippen LogP contribution in [0.4, 0.5) is 0 Å². The summed E-state index contributed by atoms with van der Waals surface area (Å²) in [6.45, 7) is 7.88. The molecule has 7 nitrogen and oxygen atoms in total. The normalized spacial score (nSPS) is 11.8. The molecule has 0 aliphatic carbocycles. The summed E-state index contributed by atoms with van der Waals surface area (Å²) in [4.78, 5) is 39.9. The van der Waals surface area contributed by atoms with E-state index in [4.69, 9.17) is 0 Å². The Morgan fingerprint density at radius 1 is 0.906 bits per heavy atom. The van der Waals surface area contributed by atoms with Gasteiger partial charge in [-0.1, -0.05) is 42.0 Å². The van der Waals surface area contributed by atoms with Crippen molar-refractivity contribution >= 4 is 28.6 Å². The molecule has 4 N–H and O–H groups in total. The van der Waals surface area contributed by atoms with Gasteiger partial charge in [-0.05, 0) is 50.5 Å². The SMILES string of the molecule is Cc1cc(C)c2[nH]c(C)c(CC(=O)NNC(=O)CCC(=O)N[C@H](C)c3ccccc3)c2c1. The minimum atomic E-state index is -0.414. The molecule has 168 valence electrons. The molecule has 7 heteroatoms. The number of H-pyrrole nitrogens is 1. The van der Waals surface area contributed by atoms with E-state index in [1.54, 1.807) is 0 Å². The largest absolute Gasteiger partial charge is 0.358 e. The number of aromatic amines is 1. The van der Waals surface area contributed by atoms with Crippen LogP contribution in [0.2, 0.25) is 0 Å². The molecule has 0 aliphatic rings. The van der Waals surface area contributed by atoms with E-state index in [1.165, 1.54) is 0 Å². The molecule has 0 fully saturated rings. The van der Waals surface area contributed by atoms with Gasteiger partial charge in [0, 0.05) is 29.4 Å². The van der Waals surface area contributed by atoms with E-state index >= 15 is 0 Å². The van der Waals surface area contributed by atoms with Gasteiger partial charge in [-0.3, -0.25) is 25.2 Å². The highest BCUT2D eigenvalue weighted by Gasteiger charge is 2.15. The van der Waals surface area contributed by atoms with Crippen LogP contribution in [0.15, 0.2) is 42.5 Å². The third kappa shape index (κ3) is 5.75. The van der Waals surface area contributed by atoms with Crippen LogP contribution in [0, 0.1) is 20.8 Å². The van der Waals surface area contributed by atoms with Crippen molar-refractivity contribution in [1.82, 2.24) is 21.2 Å². The third-order valence-electron chi connectivity index (χ3n) is 5.51. The number of hydrazine groups is 1. The monoisotopic (exact) mass is 434 g/mol. The van der Waals surface area contributed by atoms with Gasteiger partial charge in [0.05, 0.1) is 12.5 Å². The van der Waals surface area contributed by atoms with E-state index in [0.717, 1.165) is 38.9 Å². The first-order valence-electron chi connectivity index (χ1n) is 10.7. The summed E-state index contributed by atoms with van der Waals surface area (Å²) in [5.74, 6) is -0.949. The van der Waals surface area contributed by atoms with Crippen molar-refractivity contribution in [1.29, 1.82) is 0 Å². The molecule has 3 amide bonds. The summed E-state index contributed by atoms with van der Waals surface area (Å²) in [6, 6.07) is 13.6. The minimum Gasteiger partial charge on any atom is -0.358 e. The van der Waals surface area contributed by atoms with Gasteiger partial charge in [-0.25, -0.2) is 0 Å². The average molecular weight is 435 g/mol. The lowest BCUT2D eigenvalue weighted by Gasteiger charge is -2.14. The number of hydrogen-bond acceptors (Lipinski definition) is 3. The van der Waals surface area contributed by atoms with Crippen LogP contribution in [0.3, 0.4) is 0 Å². The first-order chi connectivity index (χ1) is 15.2. The minimum absolute atomic E-state index is 0.0157. The third-order valence-corrected chi connectivity index (χ3v) is 5.51. The van der Waals surface area contributed by atoms with Crippen LogP contribution in [-0.2, 0) is 20.8 Å². The van der Waals surface area contributed by atoms with Gasteiger partial charge < -0.3 is 10.3 Å². The predicted molar refractivity (Wildman–Crippen MR) is 125 cm³/mol. The molecule has 3 rings (SSSR count). The molecule has 0 saturated heterocycles. The maximum atomic E-state index is 12.4. The van der Waals surface area contributed by atoms with Gasteiger partial charge in [0.1, 0.15) is 0 Å². The fourth-order valence-corrected chi connectivity index (χ4v) is 3.84. The standard InChI is InChI=1S/C25H30N4O3/c1-15-12-16(2)25-21(13-15)20(18(4)27-25)14-24(32)29-28-23(31)11-10-22(30)26-17(3)19-8-6-5-7-9-19/h5-9,12-13,17,27H,10-11,14H2,1-4H3,(H,26,30)(H,28,31)(H,29,32)/t17-/m1/s1. The van der Waals surface area contributed by atoms with Crippen LogP contribution < -0.4 is 16.2 Å². The number of carbonyl (C=O) groups excluding carboxylic acids is 3. The molecule has 0 radical (unpaired) electrons. The number of benzene rings is 2. The van der Waals surface area contributed by atoms with Crippen molar-refractivity contribution < 1.29 is 14.4 Å². The summed E-state index contributed by atoms with van der Waals surface area (Å²) in [5, 5.41) is 3.89. The van der Waals surface area contributed by atoms with Gasteiger partial charge in [-0.15, -0.1) is 0 Å². The lowest BCUT2D eigenvalue weighted by Crippen LogP contribution is -2.42. The van der Waals surface area contributed by atoms with Crippen molar-refractivity contribution in [3.8, 4) is 0 Å². The number of fused-ring (bicyclic) bond motifs is 1. The molecule has 0 aliphatic heterocycles. The summed E-state index contributed by atoms with van der Waals surface area (Å²) in [6.07, 6.45) is 0.168. The van der Waals surface area contributed by atoms with Crippen molar-refractivity contribution in [3.05, 3.63) is 70.4 Å². The first kappa shape index (κ1) is 23.1. The lowest BCUT2D eigenvalue weighted by atomic mass is 10.0. The van der Waals surface area contributed by atoms with E-state index in [2.05, 4.69) is 33.3 Å². The second-order valence-corrected chi connectivity index (χ2v) is 8.21. The predicted octanol–water partition coefficient (Wildman–Crippen LogP) is 3.44. The molecule has 1 heterocycles. The Balaban J connectivity index is 1.46. The Labute approximate surface area is 187 Å². The van der Waals surface area contributed by atoms with Gasteiger partial charge in [-0.2, -0.15) is 0 Å². The Morgan fingerprint density at radius 2 is 1.56 bits per heavy atom. The van der Waals surface area contributed by atoms with Gasteiger partial charge in [0.15, 0.2) is 0 Å². The van der Waals surface area contributed by atoms with Crippen LogP contribution in [-0.4, -0.2) is 22.7 Å². The van der Waals surface area contributed by atoms with Crippen molar-refractivity contribution in [3.63, 3.8) is 0 Å². The number of carbonyl (C=O) groups is 3. The van der Waals surface area contributed by atoms with Crippen molar-refractivity contribution in [2.24, 2.45) is 0 Å². The molecule has 32 heavy (non-hydrogen) atoms. The van der Waals surface area contributed by atoms with E-state index in [0.29, 0.717) is 0 Å². The number of aryl methyl sites for hydroxylation is 3. The second-order valence-electron chi connectivity index (χ2n) is 8.21. The van der Waals surface area contributed by atoms with Gasteiger partial charge in [0.25, 0.3) is 0 Å². The van der Waals surface area contributed by atoms with E-state index < -0.39 is 5.91 Å². The van der Waals surface area contributed by atoms with E-state index in [-0.39, 0.29) is 37.1 Å². The molecule has 0 spiro atoms. The number of rotatable bonds is 7. The zero-order chi connectivity index (χ0) is 23.3. The number of nitrogens with one attached hydrogen (secondary N) is 4. The zero-order valence-corrected chi connectivity index (χ0v) is 19.0. The van der Waals surface area contributed by atoms with Gasteiger partial charge >= 0.3 is 0 Å². The van der Waals surface area contributed by atoms with Crippen LogP contribution in [0.5, 0.6) is 0 Å². The fraction of sp³-hybridized carbons (Fsp3) is 0.320. The molecule has 3 aromatic rings. The summed E-state index contributed by atoms with van der Waals surface area (Å²) in [5.41, 5.74) is 11.0. The lowest BCUT2D eigenvalue weighted by molar-refractivity contribution is -0.130. The summed E-state index contributed by atoms with van der Waals surface area (Å²) >= 11 is 0. The van der Waals surface area contributed by atoms with Crippen LogP contribution in [0.25, 0.3) is 10.9 Å². The molecule has 0 bridgehead atoms. The topological polar surface area (TPSA) is 103 Å². The van der Waals surface area contributed by atoms with E-state index in [1.807, 2.05) is 58.0 Å². The van der Waals surface area contributed by atoms with Crippen molar-refractivity contribution in [2.75, 3.05) is 0 Å². The Hall–Kier alpha value is -3.61. The van der Waals surface area contributed by atoms with Crippen LogP contribution >= 0.6 is 0 Å². The quantitative estimate of drug-likeness (QED) is 0.428. The highest BCUT2D eigenvalue weighted by molar-refractivity contribution is 5.93. The van der Waals surface area contributed by atoms with Gasteiger partial charge in [0.2, 0.25) is 17.7 Å². The van der Waals surface area contributed by atoms with E-state index in [9.17, 15) is 14.4 Å². The smallest absolute Gasteiger partial charge is 0.242 e. The Bertz CT molecular complexity index is 1140. The highest BCUT2D eigenvalue weighted by Crippen LogP contribution is 2.26. The maximum Gasteiger partial charge on any atom is 0.242 e. The Morgan fingerprint density at radius 3 is 2.28 bits per heavy atom. The first-order valence-corrected chi connectivity index (χ1v) is 10.7. The Kier molecular flexibility index (Phi) is 7.30. The molecule has 0 unspecified atom stereocenters. The molecular weight excluding hydrogens is 404 g/mol. The molecule has 1 aromatic heterocycles. The average Bonchev–Trinajstić information content (AvgIpc) is 3.07. The summed E-state index contributed by atoms with van der Waals surface area (Å²) < 4.78 is 0. The highest BCUT2D eigenvalue weighted by atomic mass is 16.2. The maximum absolute atomic E-state index is 12.4. The number of amides is 3.